The van der Waals surface area contributed by atoms with Crippen LogP contribution in [0.4, 0.5) is 0 Å². The second kappa shape index (κ2) is 6.91. The van der Waals surface area contributed by atoms with E-state index in [1.165, 1.54) is 32.1 Å². The fourth-order valence-corrected chi connectivity index (χ4v) is 2.71. The maximum absolute atomic E-state index is 8.76. The minimum atomic E-state index is 0.220. The molecule has 0 amide bonds. The predicted molar refractivity (Wildman–Crippen MR) is 65.9 cm³/mol. The lowest BCUT2D eigenvalue weighted by atomic mass is 9.77. The number of hydrogen-bond acceptors (Lipinski definition) is 2. The summed E-state index contributed by atoms with van der Waals surface area (Å²) in [7, 11) is 1.82. The van der Waals surface area contributed by atoms with E-state index in [0.29, 0.717) is 6.10 Å². The average Bonchev–Trinajstić information content (AvgIpc) is 2.35. The monoisotopic (exact) mass is 223 g/mol. The second-order valence-corrected chi connectivity index (χ2v) is 5.36. The number of nitrogens with zero attached hydrogens (tertiary/aromatic N) is 1. The van der Waals surface area contributed by atoms with Crippen LogP contribution in [0.5, 0.6) is 0 Å². The minimum Gasteiger partial charge on any atom is -0.381 e. The third-order valence-electron chi connectivity index (χ3n) is 4.13. The molecule has 0 aliphatic heterocycles. The van der Waals surface area contributed by atoms with Gasteiger partial charge in [0.1, 0.15) is 0 Å². The molecule has 0 N–H and O–H groups in total. The normalized spacial score (nSPS) is 29.4. The van der Waals surface area contributed by atoms with Crippen molar-refractivity contribution < 1.29 is 4.74 Å². The second-order valence-electron chi connectivity index (χ2n) is 5.36. The Kier molecular flexibility index (Phi) is 5.84. The Balaban J connectivity index is 2.23. The fraction of sp³-hybridized carbons (Fsp3) is 0.929. The van der Waals surface area contributed by atoms with Gasteiger partial charge in [0.05, 0.1) is 12.2 Å². The first-order valence-corrected chi connectivity index (χ1v) is 6.59. The molecule has 0 heterocycles. The van der Waals surface area contributed by atoms with Crippen molar-refractivity contribution in [2.45, 2.75) is 58.5 Å². The molecule has 92 valence electrons. The van der Waals surface area contributed by atoms with Crippen LogP contribution in [-0.2, 0) is 4.74 Å². The molecule has 0 spiro atoms. The molecule has 2 heteroatoms. The quantitative estimate of drug-likeness (QED) is 0.711. The van der Waals surface area contributed by atoms with Crippen molar-refractivity contribution in [1.82, 2.24) is 0 Å². The molecule has 0 aromatic carbocycles. The summed E-state index contributed by atoms with van der Waals surface area (Å²) in [6.07, 6.45) is 7.82. The highest BCUT2D eigenvalue weighted by Gasteiger charge is 2.24. The van der Waals surface area contributed by atoms with Crippen molar-refractivity contribution in [2.24, 2.45) is 17.8 Å². The SMILES string of the molecule is COC1CCC(C(C)CCC(C)C#N)CC1. The Hall–Kier alpha value is -0.550. The maximum Gasteiger partial charge on any atom is 0.0652 e. The smallest absolute Gasteiger partial charge is 0.0652 e. The van der Waals surface area contributed by atoms with Gasteiger partial charge in [-0.3, -0.25) is 0 Å². The lowest BCUT2D eigenvalue weighted by molar-refractivity contribution is 0.0468. The largest absolute Gasteiger partial charge is 0.381 e. The van der Waals surface area contributed by atoms with E-state index >= 15 is 0 Å². The Morgan fingerprint density at radius 2 is 1.81 bits per heavy atom. The molecule has 1 fully saturated rings. The van der Waals surface area contributed by atoms with E-state index in [0.717, 1.165) is 18.3 Å². The first-order chi connectivity index (χ1) is 7.67. The topological polar surface area (TPSA) is 33.0 Å². The van der Waals surface area contributed by atoms with Crippen molar-refractivity contribution in [3.8, 4) is 6.07 Å². The van der Waals surface area contributed by atoms with E-state index < -0.39 is 0 Å². The molecule has 0 saturated heterocycles. The molecule has 0 aromatic rings. The summed E-state index contributed by atoms with van der Waals surface area (Å²) >= 11 is 0. The summed E-state index contributed by atoms with van der Waals surface area (Å²) < 4.78 is 5.39. The molecular weight excluding hydrogens is 198 g/mol. The molecule has 0 bridgehead atoms. The van der Waals surface area contributed by atoms with Gasteiger partial charge in [0.2, 0.25) is 0 Å². The van der Waals surface area contributed by atoms with E-state index in [-0.39, 0.29) is 5.92 Å². The molecule has 2 unspecified atom stereocenters. The molecule has 1 aliphatic carbocycles. The van der Waals surface area contributed by atoms with Crippen LogP contribution in [0.1, 0.15) is 52.4 Å². The number of methoxy groups -OCH3 is 1. The Bertz CT molecular complexity index is 225. The standard InChI is InChI=1S/C14H25NO/c1-11(10-15)4-5-12(2)13-6-8-14(16-3)9-7-13/h11-14H,4-9H2,1-3H3. The zero-order valence-electron chi connectivity index (χ0n) is 10.9. The van der Waals surface area contributed by atoms with Gasteiger partial charge in [-0.25, -0.2) is 0 Å². The van der Waals surface area contributed by atoms with Gasteiger partial charge in [0, 0.05) is 13.0 Å². The van der Waals surface area contributed by atoms with Gasteiger partial charge in [0.25, 0.3) is 0 Å². The van der Waals surface area contributed by atoms with Crippen molar-refractivity contribution in [3.63, 3.8) is 0 Å². The van der Waals surface area contributed by atoms with E-state index in [1.807, 2.05) is 14.0 Å². The van der Waals surface area contributed by atoms with Crippen LogP contribution in [0.25, 0.3) is 0 Å². The minimum absolute atomic E-state index is 0.220. The summed E-state index contributed by atoms with van der Waals surface area (Å²) in [6, 6.07) is 2.32. The number of ether oxygens (including phenoxy) is 1. The molecule has 2 atom stereocenters. The molecule has 1 rings (SSSR count). The van der Waals surface area contributed by atoms with Crippen LogP contribution in [-0.4, -0.2) is 13.2 Å². The zero-order valence-corrected chi connectivity index (χ0v) is 10.9. The summed E-state index contributed by atoms with van der Waals surface area (Å²) in [5.74, 6) is 1.85. The van der Waals surface area contributed by atoms with Gasteiger partial charge in [-0.15, -0.1) is 0 Å². The molecule has 1 aliphatic rings. The molecule has 1 saturated carbocycles. The Morgan fingerprint density at radius 1 is 1.19 bits per heavy atom. The van der Waals surface area contributed by atoms with Gasteiger partial charge in [-0.05, 0) is 57.3 Å². The number of rotatable bonds is 5. The third-order valence-corrected chi connectivity index (χ3v) is 4.13. The lowest BCUT2D eigenvalue weighted by Crippen LogP contribution is -2.24. The summed E-state index contributed by atoms with van der Waals surface area (Å²) in [6.45, 7) is 4.37. The molecule has 16 heavy (non-hydrogen) atoms. The van der Waals surface area contributed by atoms with Crippen LogP contribution in [0, 0.1) is 29.1 Å². The fourth-order valence-electron chi connectivity index (χ4n) is 2.71. The van der Waals surface area contributed by atoms with E-state index in [9.17, 15) is 0 Å². The average molecular weight is 223 g/mol. The van der Waals surface area contributed by atoms with Crippen LogP contribution < -0.4 is 0 Å². The van der Waals surface area contributed by atoms with Gasteiger partial charge < -0.3 is 4.74 Å². The Labute approximate surface area is 100.0 Å². The van der Waals surface area contributed by atoms with Crippen LogP contribution >= 0.6 is 0 Å². The van der Waals surface area contributed by atoms with Gasteiger partial charge in [-0.2, -0.15) is 5.26 Å². The van der Waals surface area contributed by atoms with Crippen LogP contribution in [0.15, 0.2) is 0 Å². The maximum atomic E-state index is 8.76. The van der Waals surface area contributed by atoms with E-state index in [4.69, 9.17) is 10.00 Å². The van der Waals surface area contributed by atoms with Gasteiger partial charge in [0.15, 0.2) is 0 Å². The molecule has 0 radical (unpaired) electrons. The number of hydrogen-bond donors (Lipinski definition) is 0. The van der Waals surface area contributed by atoms with Gasteiger partial charge >= 0.3 is 0 Å². The van der Waals surface area contributed by atoms with Crippen molar-refractivity contribution in [1.29, 1.82) is 5.26 Å². The number of nitriles is 1. The lowest BCUT2D eigenvalue weighted by Gasteiger charge is -2.31. The molecule has 0 aromatic heterocycles. The summed E-state index contributed by atoms with van der Waals surface area (Å²) in [5.41, 5.74) is 0. The van der Waals surface area contributed by atoms with Crippen LogP contribution in [0.2, 0.25) is 0 Å². The Morgan fingerprint density at radius 3 is 2.31 bits per heavy atom. The predicted octanol–water partition coefficient (Wildman–Crippen LogP) is 3.77. The third kappa shape index (κ3) is 4.14. The van der Waals surface area contributed by atoms with Crippen molar-refractivity contribution >= 4 is 0 Å². The van der Waals surface area contributed by atoms with E-state index in [2.05, 4.69) is 13.0 Å². The highest BCUT2D eigenvalue weighted by molar-refractivity contribution is 4.81. The van der Waals surface area contributed by atoms with Crippen LogP contribution in [0.3, 0.4) is 0 Å². The summed E-state index contributed by atoms with van der Waals surface area (Å²) in [5, 5.41) is 8.76. The molecule has 2 nitrogen and oxygen atoms in total. The molecular formula is C14H25NO. The van der Waals surface area contributed by atoms with Crippen molar-refractivity contribution in [3.05, 3.63) is 0 Å². The first kappa shape index (κ1) is 13.5. The highest BCUT2D eigenvalue weighted by Crippen LogP contribution is 2.33. The summed E-state index contributed by atoms with van der Waals surface area (Å²) in [4.78, 5) is 0. The van der Waals surface area contributed by atoms with Gasteiger partial charge in [-0.1, -0.05) is 6.92 Å². The first-order valence-electron chi connectivity index (χ1n) is 6.59. The highest BCUT2D eigenvalue weighted by atomic mass is 16.5. The van der Waals surface area contributed by atoms with E-state index in [1.54, 1.807) is 0 Å². The van der Waals surface area contributed by atoms with Crippen molar-refractivity contribution in [2.75, 3.05) is 7.11 Å². The zero-order chi connectivity index (χ0) is 12.0.